The van der Waals surface area contributed by atoms with Gasteiger partial charge >= 0.3 is 0 Å². The van der Waals surface area contributed by atoms with Crippen molar-refractivity contribution < 1.29 is 14.1 Å². The SMILES string of the molecule is Cc1noc(-c2ccc3c(c2)N(C)C(=O)CCO3)n1. The lowest BCUT2D eigenvalue weighted by Gasteiger charge is -2.16. The highest BCUT2D eigenvalue weighted by molar-refractivity contribution is 5.95. The minimum Gasteiger partial charge on any atom is -0.491 e. The Morgan fingerprint density at radius 2 is 2.21 bits per heavy atom. The fourth-order valence-corrected chi connectivity index (χ4v) is 2.00. The van der Waals surface area contributed by atoms with Gasteiger partial charge in [0.1, 0.15) is 5.75 Å². The van der Waals surface area contributed by atoms with Gasteiger partial charge in [-0.3, -0.25) is 4.79 Å². The van der Waals surface area contributed by atoms with E-state index in [2.05, 4.69) is 10.1 Å². The lowest BCUT2D eigenvalue weighted by molar-refractivity contribution is -0.118. The topological polar surface area (TPSA) is 68.5 Å². The molecular weight excluding hydrogens is 246 g/mol. The Balaban J connectivity index is 2.07. The van der Waals surface area contributed by atoms with E-state index in [1.807, 2.05) is 18.2 Å². The van der Waals surface area contributed by atoms with E-state index in [0.29, 0.717) is 30.5 Å². The predicted molar refractivity (Wildman–Crippen MR) is 68.0 cm³/mol. The number of hydrogen-bond donors (Lipinski definition) is 0. The third-order valence-corrected chi connectivity index (χ3v) is 3.04. The van der Waals surface area contributed by atoms with Crippen LogP contribution in [0.3, 0.4) is 0 Å². The van der Waals surface area contributed by atoms with Gasteiger partial charge in [0, 0.05) is 12.6 Å². The largest absolute Gasteiger partial charge is 0.491 e. The molecule has 3 rings (SSSR count). The Morgan fingerprint density at radius 3 is 2.95 bits per heavy atom. The first kappa shape index (κ1) is 11.7. The van der Waals surface area contributed by atoms with Crippen LogP contribution in [0, 0.1) is 6.92 Å². The number of nitrogens with zero attached hydrogens (tertiary/aromatic N) is 3. The number of anilines is 1. The van der Waals surface area contributed by atoms with Crippen molar-refractivity contribution in [3.63, 3.8) is 0 Å². The van der Waals surface area contributed by atoms with Crippen LogP contribution in [0.15, 0.2) is 22.7 Å². The highest BCUT2D eigenvalue weighted by Crippen LogP contribution is 2.34. The van der Waals surface area contributed by atoms with E-state index in [0.717, 1.165) is 11.3 Å². The molecular formula is C13H13N3O3. The number of benzene rings is 1. The van der Waals surface area contributed by atoms with Gasteiger partial charge in [-0.15, -0.1) is 0 Å². The van der Waals surface area contributed by atoms with E-state index in [9.17, 15) is 4.79 Å². The van der Waals surface area contributed by atoms with Crippen molar-refractivity contribution in [2.75, 3.05) is 18.6 Å². The first-order valence-electron chi connectivity index (χ1n) is 5.99. The van der Waals surface area contributed by atoms with Gasteiger partial charge in [0.25, 0.3) is 5.89 Å². The van der Waals surface area contributed by atoms with E-state index in [-0.39, 0.29) is 5.91 Å². The molecule has 6 nitrogen and oxygen atoms in total. The van der Waals surface area contributed by atoms with Gasteiger partial charge in [0.15, 0.2) is 5.82 Å². The summed E-state index contributed by atoms with van der Waals surface area (Å²) in [7, 11) is 1.73. The van der Waals surface area contributed by atoms with Crippen LogP contribution in [0.1, 0.15) is 12.2 Å². The van der Waals surface area contributed by atoms with Gasteiger partial charge in [-0.25, -0.2) is 0 Å². The zero-order chi connectivity index (χ0) is 13.4. The third-order valence-electron chi connectivity index (χ3n) is 3.04. The number of aromatic nitrogens is 2. The second kappa shape index (κ2) is 4.38. The van der Waals surface area contributed by atoms with Gasteiger partial charge in [-0.1, -0.05) is 5.16 Å². The standard InChI is InChI=1S/C13H13N3O3/c1-8-14-13(19-15-8)9-3-4-11-10(7-9)16(2)12(17)5-6-18-11/h3-4,7H,5-6H2,1-2H3. The molecule has 19 heavy (non-hydrogen) atoms. The Bertz CT molecular complexity index is 636. The molecule has 1 aromatic heterocycles. The Hall–Kier alpha value is -2.37. The summed E-state index contributed by atoms with van der Waals surface area (Å²) < 4.78 is 10.7. The summed E-state index contributed by atoms with van der Waals surface area (Å²) in [5.74, 6) is 1.72. The number of carbonyl (C=O) groups is 1. The summed E-state index contributed by atoms with van der Waals surface area (Å²) in [6.07, 6.45) is 0.375. The van der Waals surface area contributed by atoms with Crippen molar-refractivity contribution in [1.82, 2.24) is 10.1 Å². The molecule has 0 N–H and O–H groups in total. The van der Waals surface area contributed by atoms with Crippen molar-refractivity contribution in [3.05, 3.63) is 24.0 Å². The molecule has 0 unspecified atom stereocenters. The lowest BCUT2D eigenvalue weighted by Crippen LogP contribution is -2.25. The van der Waals surface area contributed by atoms with Gasteiger partial charge in [-0.05, 0) is 25.1 Å². The van der Waals surface area contributed by atoms with Crippen LogP contribution >= 0.6 is 0 Å². The minimum absolute atomic E-state index is 0.0256. The molecule has 1 aromatic carbocycles. The van der Waals surface area contributed by atoms with Crippen molar-refractivity contribution >= 4 is 11.6 Å². The van der Waals surface area contributed by atoms with Crippen LogP contribution in [0.4, 0.5) is 5.69 Å². The number of amides is 1. The van der Waals surface area contributed by atoms with E-state index in [1.165, 1.54) is 0 Å². The molecule has 1 aliphatic rings. The molecule has 0 saturated carbocycles. The molecule has 1 amide bonds. The molecule has 2 aromatic rings. The molecule has 6 heteroatoms. The van der Waals surface area contributed by atoms with Crippen molar-refractivity contribution in [1.29, 1.82) is 0 Å². The van der Waals surface area contributed by atoms with Crippen LogP contribution in [0.25, 0.3) is 11.5 Å². The maximum Gasteiger partial charge on any atom is 0.257 e. The maximum absolute atomic E-state index is 11.8. The molecule has 98 valence electrons. The van der Waals surface area contributed by atoms with E-state index >= 15 is 0 Å². The Kier molecular flexibility index (Phi) is 2.70. The van der Waals surface area contributed by atoms with Crippen LogP contribution in [-0.2, 0) is 4.79 Å². The highest BCUT2D eigenvalue weighted by atomic mass is 16.5. The number of fused-ring (bicyclic) bond motifs is 1. The molecule has 1 aliphatic heterocycles. The zero-order valence-corrected chi connectivity index (χ0v) is 10.7. The average molecular weight is 259 g/mol. The van der Waals surface area contributed by atoms with Gasteiger partial charge < -0.3 is 14.2 Å². The lowest BCUT2D eigenvalue weighted by atomic mass is 10.1. The quantitative estimate of drug-likeness (QED) is 0.781. The first-order valence-corrected chi connectivity index (χ1v) is 5.99. The molecule has 0 atom stereocenters. The second-order valence-corrected chi connectivity index (χ2v) is 4.38. The van der Waals surface area contributed by atoms with Crippen molar-refractivity contribution in [2.45, 2.75) is 13.3 Å². The monoisotopic (exact) mass is 259 g/mol. The number of ether oxygens (including phenoxy) is 1. The van der Waals surface area contributed by atoms with E-state index in [4.69, 9.17) is 9.26 Å². The molecule has 0 fully saturated rings. The summed E-state index contributed by atoms with van der Waals surface area (Å²) in [4.78, 5) is 17.6. The van der Waals surface area contributed by atoms with Gasteiger partial charge in [0.2, 0.25) is 5.91 Å². The number of aryl methyl sites for hydroxylation is 1. The summed E-state index contributed by atoms with van der Waals surface area (Å²) in [6.45, 7) is 2.16. The smallest absolute Gasteiger partial charge is 0.257 e. The van der Waals surface area contributed by atoms with Crippen LogP contribution in [-0.4, -0.2) is 29.7 Å². The third kappa shape index (κ3) is 2.05. The normalized spacial score (nSPS) is 14.8. The average Bonchev–Trinajstić information content (AvgIpc) is 2.79. The highest BCUT2D eigenvalue weighted by Gasteiger charge is 2.21. The predicted octanol–water partition coefficient (Wildman–Crippen LogP) is 1.79. The molecule has 0 aliphatic carbocycles. The van der Waals surface area contributed by atoms with E-state index in [1.54, 1.807) is 18.9 Å². The number of hydrogen-bond acceptors (Lipinski definition) is 5. The van der Waals surface area contributed by atoms with Gasteiger partial charge in [0.05, 0.1) is 18.7 Å². The second-order valence-electron chi connectivity index (χ2n) is 4.38. The van der Waals surface area contributed by atoms with Crippen molar-refractivity contribution in [2.24, 2.45) is 0 Å². The molecule has 0 saturated heterocycles. The van der Waals surface area contributed by atoms with Crippen LogP contribution in [0.5, 0.6) is 5.75 Å². The minimum atomic E-state index is 0.0256. The molecule has 0 bridgehead atoms. The van der Waals surface area contributed by atoms with Crippen molar-refractivity contribution in [3.8, 4) is 17.2 Å². The number of carbonyl (C=O) groups excluding carboxylic acids is 1. The Morgan fingerprint density at radius 1 is 1.37 bits per heavy atom. The van der Waals surface area contributed by atoms with Crippen LogP contribution in [0.2, 0.25) is 0 Å². The molecule has 0 spiro atoms. The molecule has 0 radical (unpaired) electrons. The fraction of sp³-hybridized carbons (Fsp3) is 0.308. The van der Waals surface area contributed by atoms with Gasteiger partial charge in [-0.2, -0.15) is 4.98 Å². The Labute approximate surface area is 110 Å². The summed E-state index contributed by atoms with van der Waals surface area (Å²) in [5, 5.41) is 3.76. The van der Waals surface area contributed by atoms with E-state index < -0.39 is 0 Å². The summed E-state index contributed by atoms with van der Waals surface area (Å²) in [5.41, 5.74) is 1.49. The summed E-state index contributed by atoms with van der Waals surface area (Å²) >= 11 is 0. The maximum atomic E-state index is 11.8. The first-order chi connectivity index (χ1) is 9.15. The van der Waals surface area contributed by atoms with Crippen LogP contribution < -0.4 is 9.64 Å². The molecule has 2 heterocycles. The fourth-order valence-electron chi connectivity index (χ4n) is 2.00. The number of rotatable bonds is 1. The summed E-state index contributed by atoms with van der Waals surface area (Å²) in [6, 6.07) is 5.49. The zero-order valence-electron chi connectivity index (χ0n) is 10.7.